The normalized spacial score (nSPS) is 16.0. The maximum atomic E-state index is 12.5. The average molecular weight is 365 g/mol. The first-order valence-electron chi connectivity index (χ1n) is 8.31. The predicted molar refractivity (Wildman–Crippen MR) is 98.7 cm³/mol. The number of carbonyl (C=O) groups is 1. The molecule has 0 aliphatic carbocycles. The smallest absolute Gasteiger partial charge is 0.252 e. The first-order valence-corrected chi connectivity index (χ1v) is 8.31. The molecule has 0 bridgehead atoms. The number of benzene rings is 1. The average Bonchev–Trinajstić information content (AvgIpc) is 3.14. The SMILES string of the molecule is COC1(C(=O)NCc2ccc(Cn3cccn3)cc2)CCNCC1.Cl. The molecule has 1 aliphatic heterocycles. The highest BCUT2D eigenvalue weighted by molar-refractivity contribution is 5.85. The third-order valence-corrected chi connectivity index (χ3v) is 4.60. The number of aromatic nitrogens is 2. The van der Waals surface area contributed by atoms with Crippen LogP contribution in [-0.4, -0.2) is 41.5 Å². The fraction of sp³-hybridized carbons (Fsp3) is 0.444. The third kappa shape index (κ3) is 4.81. The van der Waals surface area contributed by atoms with Crippen LogP contribution in [0.2, 0.25) is 0 Å². The van der Waals surface area contributed by atoms with E-state index in [-0.39, 0.29) is 18.3 Å². The minimum atomic E-state index is -0.689. The lowest BCUT2D eigenvalue weighted by atomic mass is 9.91. The zero-order chi connectivity index (χ0) is 16.8. The van der Waals surface area contributed by atoms with Gasteiger partial charge in [0.05, 0.1) is 6.54 Å². The monoisotopic (exact) mass is 364 g/mol. The van der Waals surface area contributed by atoms with Gasteiger partial charge in [-0.15, -0.1) is 12.4 Å². The van der Waals surface area contributed by atoms with Crippen LogP contribution >= 0.6 is 12.4 Å². The molecule has 0 radical (unpaired) electrons. The summed E-state index contributed by atoms with van der Waals surface area (Å²) >= 11 is 0. The fourth-order valence-electron chi connectivity index (χ4n) is 3.04. The number of piperidine rings is 1. The molecule has 2 heterocycles. The van der Waals surface area contributed by atoms with E-state index in [1.54, 1.807) is 13.3 Å². The molecule has 2 aromatic rings. The van der Waals surface area contributed by atoms with Crippen LogP contribution in [0.3, 0.4) is 0 Å². The van der Waals surface area contributed by atoms with E-state index >= 15 is 0 Å². The number of methoxy groups -OCH3 is 1. The molecule has 1 amide bonds. The topological polar surface area (TPSA) is 68.2 Å². The van der Waals surface area contributed by atoms with Crippen molar-refractivity contribution in [1.29, 1.82) is 0 Å². The molecule has 6 nitrogen and oxygen atoms in total. The number of carbonyl (C=O) groups excluding carboxylic acids is 1. The number of nitrogens with zero attached hydrogens (tertiary/aromatic N) is 2. The molecule has 1 saturated heterocycles. The van der Waals surface area contributed by atoms with Gasteiger partial charge in [-0.3, -0.25) is 9.48 Å². The molecule has 1 aliphatic rings. The Morgan fingerprint density at radius 2 is 1.96 bits per heavy atom. The molecule has 7 heteroatoms. The maximum absolute atomic E-state index is 12.5. The van der Waals surface area contributed by atoms with E-state index < -0.39 is 5.60 Å². The standard InChI is InChI=1S/C18H24N4O2.ClH/c1-24-18(7-10-19-11-8-18)17(23)20-13-15-3-5-16(6-4-15)14-22-12-2-9-21-22;/h2-6,9,12,19H,7-8,10-11,13-14H2,1H3,(H,20,23);1H. The summed E-state index contributed by atoms with van der Waals surface area (Å²) in [6.45, 7) is 2.88. The van der Waals surface area contributed by atoms with Crippen molar-refractivity contribution in [3.63, 3.8) is 0 Å². The van der Waals surface area contributed by atoms with E-state index in [0.29, 0.717) is 19.4 Å². The zero-order valence-electron chi connectivity index (χ0n) is 14.4. The van der Waals surface area contributed by atoms with Crippen molar-refractivity contribution >= 4 is 18.3 Å². The van der Waals surface area contributed by atoms with Gasteiger partial charge in [-0.2, -0.15) is 5.10 Å². The highest BCUT2D eigenvalue weighted by atomic mass is 35.5. The van der Waals surface area contributed by atoms with Gasteiger partial charge in [0.25, 0.3) is 5.91 Å². The van der Waals surface area contributed by atoms with Gasteiger partial charge in [0.2, 0.25) is 0 Å². The second-order valence-electron chi connectivity index (χ2n) is 6.15. The number of ether oxygens (including phenoxy) is 1. The van der Waals surface area contributed by atoms with Gasteiger partial charge >= 0.3 is 0 Å². The van der Waals surface area contributed by atoms with Crippen molar-refractivity contribution in [2.45, 2.75) is 31.5 Å². The summed E-state index contributed by atoms with van der Waals surface area (Å²) in [7, 11) is 1.62. The maximum Gasteiger partial charge on any atom is 0.252 e. The van der Waals surface area contributed by atoms with Crippen LogP contribution in [0.4, 0.5) is 0 Å². The fourth-order valence-corrected chi connectivity index (χ4v) is 3.04. The van der Waals surface area contributed by atoms with Crippen molar-refractivity contribution < 1.29 is 9.53 Å². The summed E-state index contributed by atoms with van der Waals surface area (Å²) in [6, 6.07) is 10.1. The number of halogens is 1. The highest BCUT2D eigenvalue weighted by Crippen LogP contribution is 2.22. The van der Waals surface area contributed by atoms with Crippen molar-refractivity contribution in [1.82, 2.24) is 20.4 Å². The summed E-state index contributed by atoms with van der Waals surface area (Å²) in [6.07, 6.45) is 5.13. The molecule has 0 saturated carbocycles. The largest absolute Gasteiger partial charge is 0.368 e. The quantitative estimate of drug-likeness (QED) is 0.819. The van der Waals surface area contributed by atoms with Crippen molar-refractivity contribution in [2.24, 2.45) is 0 Å². The molecule has 136 valence electrons. The Bertz CT molecular complexity index is 652. The summed E-state index contributed by atoms with van der Waals surface area (Å²) < 4.78 is 7.43. The van der Waals surface area contributed by atoms with Gasteiger partial charge in [0, 0.05) is 26.0 Å². The minimum absolute atomic E-state index is 0. The molecule has 1 aromatic heterocycles. The number of amides is 1. The van der Waals surface area contributed by atoms with Crippen LogP contribution in [0, 0.1) is 0 Å². The Hall–Kier alpha value is -1.89. The highest BCUT2D eigenvalue weighted by Gasteiger charge is 2.39. The van der Waals surface area contributed by atoms with E-state index in [9.17, 15) is 4.79 Å². The Morgan fingerprint density at radius 3 is 2.56 bits per heavy atom. The summed E-state index contributed by atoms with van der Waals surface area (Å²) in [5.41, 5.74) is 1.57. The Labute approximate surface area is 154 Å². The third-order valence-electron chi connectivity index (χ3n) is 4.60. The summed E-state index contributed by atoms with van der Waals surface area (Å²) in [5, 5.41) is 10.5. The molecule has 2 N–H and O–H groups in total. The van der Waals surface area contributed by atoms with Crippen molar-refractivity contribution in [3.8, 4) is 0 Å². The molecule has 25 heavy (non-hydrogen) atoms. The van der Waals surface area contributed by atoms with E-state index in [0.717, 1.165) is 25.2 Å². The number of hydrogen-bond donors (Lipinski definition) is 2. The van der Waals surface area contributed by atoms with Crippen LogP contribution < -0.4 is 10.6 Å². The van der Waals surface area contributed by atoms with Crippen molar-refractivity contribution in [3.05, 3.63) is 53.9 Å². The van der Waals surface area contributed by atoms with E-state index in [1.807, 2.05) is 29.1 Å². The van der Waals surface area contributed by atoms with Crippen LogP contribution in [0.5, 0.6) is 0 Å². The second-order valence-corrected chi connectivity index (χ2v) is 6.15. The molecule has 0 unspecified atom stereocenters. The van der Waals surface area contributed by atoms with Gasteiger partial charge in [0.1, 0.15) is 5.60 Å². The van der Waals surface area contributed by atoms with E-state index in [4.69, 9.17) is 4.74 Å². The van der Waals surface area contributed by atoms with Crippen LogP contribution in [-0.2, 0) is 22.6 Å². The van der Waals surface area contributed by atoms with Gasteiger partial charge in [-0.1, -0.05) is 24.3 Å². The first kappa shape index (κ1) is 19.4. The molecule has 1 aromatic carbocycles. The number of hydrogen-bond acceptors (Lipinski definition) is 4. The molecular weight excluding hydrogens is 340 g/mol. The van der Waals surface area contributed by atoms with E-state index in [2.05, 4.69) is 27.9 Å². The number of nitrogens with one attached hydrogen (secondary N) is 2. The lowest BCUT2D eigenvalue weighted by Gasteiger charge is -2.34. The van der Waals surface area contributed by atoms with Crippen LogP contribution in [0.25, 0.3) is 0 Å². The Kier molecular flexibility index (Phi) is 6.99. The molecule has 0 spiro atoms. The van der Waals surface area contributed by atoms with Crippen molar-refractivity contribution in [2.75, 3.05) is 20.2 Å². The summed E-state index contributed by atoms with van der Waals surface area (Å²) in [5.74, 6) is -0.0212. The zero-order valence-corrected chi connectivity index (χ0v) is 15.2. The van der Waals surface area contributed by atoms with Crippen LogP contribution in [0.1, 0.15) is 24.0 Å². The molecular formula is C18H25ClN4O2. The Balaban J connectivity index is 0.00000225. The molecule has 0 atom stereocenters. The lowest BCUT2D eigenvalue weighted by molar-refractivity contribution is -0.146. The lowest BCUT2D eigenvalue weighted by Crippen LogP contribution is -2.53. The predicted octanol–water partition coefficient (Wildman–Crippen LogP) is 1.74. The van der Waals surface area contributed by atoms with Gasteiger partial charge in [0.15, 0.2) is 0 Å². The van der Waals surface area contributed by atoms with E-state index in [1.165, 1.54) is 5.56 Å². The van der Waals surface area contributed by atoms with Gasteiger partial charge in [-0.05, 0) is 43.1 Å². The van der Waals surface area contributed by atoms with Gasteiger partial charge in [-0.25, -0.2) is 0 Å². The Morgan fingerprint density at radius 1 is 1.28 bits per heavy atom. The second kappa shape index (κ2) is 8.99. The van der Waals surface area contributed by atoms with Gasteiger partial charge < -0.3 is 15.4 Å². The van der Waals surface area contributed by atoms with Crippen LogP contribution in [0.15, 0.2) is 42.7 Å². The molecule has 3 rings (SSSR count). The first-order chi connectivity index (χ1) is 11.7. The summed E-state index contributed by atoms with van der Waals surface area (Å²) in [4.78, 5) is 12.5. The number of rotatable bonds is 6. The molecule has 1 fully saturated rings. The minimum Gasteiger partial charge on any atom is -0.368 e.